The largest absolute Gasteiger partial charge is 0.497 e. The fourth-order valence-electron chi connectivity index (χ4n) is 2.53. The quantitative estimate of drug-likeness (QED) is 0.835. The van der Waals surface area contributed by atoms with E-state index in [0.29, 0.717) is 23.1 Å². The maximum atomic E-state index is 12.5. The molecule has 0 aliphatic heterocycles. The van der Waals surface area contributed by atoms with Crippen molar-refractivity contribution in [2.75, 3.05) is 21.3 Å². The van der Waals surface area contributed by atoms with Crippen LogP contribution in [0.2, 0.25) is 5.02 Å². The molecule has 0 spiro atoms. The summed E-state index contributed by atoms with van der Waals surface area (Å²) in [7, 11) is 4.95. The predicted octanol–water partition coefficient (Wildman–Crippen LogP) is 4.26. The van der Waals surface area contributed by atoms with E-state index in [0.717, 1.165) is 11.1 Å². The number of hydrogen-bond acceptors (Lipinski definition) is 3. The Morgan fingerprint density at radius 1 is 1.20 bits per heavy atom. The average Bonchev–Trinajstić information content (AvgIpc) is 2.60. The molecular weight excluding hydrogens is 340 g/mol. The van der Waals surface area contributed by atoms with Crippen LogP contribution in [0.15, 0.2) is 42.5 Å². The minimum atomic E-state index is -0.237. The molecule has 0 saturated heterocycles. The summed E-state index contributed by atoms with van der Waals surface area (Å²) in [5.41, 5.74) is 1.82. The summed E-state index contributed by atoms with van der Waals surface area (Å²) in [5, 5.41) is 3.63. The smallest absolute Gasteiger partial charge is 0.317 e. The SMILES string of the molecule is COc1ccc(OC)c(C(C)NC(=O)N(C)Cc2cccc(Cl)c2)c1. The second kappa shape index (κ2) is 8.62. The van der Waals surface area contributed by atoms with Crippen molar-refractivity contribution in [2.45, 2.75) is 19.5 Å². The summed E-state index contributed by atoms with van der Waals surface area (Å²) in [6, 6.07) is 12.5. The van der Waals surface area contributed by atoms with Gasteiger partial charge in [-0.15, -0.1) is 0 Å². The van der Waals surface area contributed by atoms with Crippen molar-refractivity contribution in [1.29, 1.82) is 0 Å². The summed E-state index contributed by atoms with van der Waals surface area (Å²) in [6.45, 7) is 2.37. The highest BCUT2D eigenvalue weighted by Gasteiger charge is 2.17. The lowest BCUT2D eigenvalue weighted by atomic mass is 10.1. The zero-order valence-corrected chi connectivity index (χ0v) is 15.6. The van der Waals surface area contributed by atoms with Gasteiger partial charge in [0.15, 0.2) is 0 Å². The number of carbonyl (C=O) groups excluding carboxylic acids is 1. The molecule has 0 fully saturated rings. The number of ether oxygens (including phenoxy) is 2. The number of amides is 2. The van der Waals surface area contributed by atoms with Crippen molar-refractivity contribution in [1.82, 2.24) is 10.2 Å². The molecule has 1 atom stereocenters. The molecule has 6 heteroatoms. The van der Waals surface area contributed by atoms with Crippen molar-refractivity contribution in [2.24, 2.45) is 0 Å². The molecule has 2 rings (SSSR count). The van der Waals surface area contributed by atoms with Gasteiger partial charge in [0.05, 0.1) is 20.3 Å². The molecule has 2 aromatic carbocycles. The summed E-state index contributed by atoms with van der Waals surface area (Å²) in [4.78, 5) is 14.1. The van der Waals surface area contributed by atoms with Gasteiger partial charge in [0.25, 0.3) is 0 Å². The second-order valence-electron chi connectivity index (χ2n) is 5.77. The van der Waals surface area contributed by atoms with E-state index in [1.165, 1.54) is 0 Å². The van der Waals surface area contributed by atoms with Gasteiger partial charge in [-0.05, 0) is 42.8 Å². The molecule has 0 saturated carbocycles. The maximum absolute atomic E-state index is 12.5. The van der Waals surface area contributed by atoms with E-state index in [4.69, 9.17) is 21.1 Å². The van der Waals surface area contributed by atoms with E-state index in [1.807, 2.05) is 49.4 Å². The van der Waals surface area contributed by atoms with Crippen LogP contribution in [0.1, 0.15) is 24.1 Å². The Labute approximate surface area is 153 Å². The molecular formula is C19H23ClN2O3. The molecule has 0 aromatic heterocycles. The Hall–Kier alpha value is -2.40. The van der Waals surface area contributed by atoms with Crippen LogP contribution in [0.5, 0.6) is 11.5 Å². The first-order valence-electron chi connectivity index (χ1n) is 7.92. The third kappa shape index (κ3) is 5.03. The van der Waals surface area contributed by atoms with Crippen molar-refractivity contribution in [3.63, 3.8) is 0 Å². The summed E-state index contributed by atoms with van der Waals surface area (Å²) < 4.78 is 10.6. The van der Waals surface area contributed by atoms with Crippen LogP contribution in [-0.4, -0.2) is 32.2 Å². The molecule has 0 aliphatic rings. The van der Waals surface area contributed by atoms with Gasteiger partial charge in [-0.2, -0.15) is 0 Å². The fraction of sp³-hybridized carbons (Fsp3) is 0.316. The number of urea groups is 1. The third-order valence-corrected chi connectivity index (χ3v) is 4.13. The number of benzene rings is 2. The van der Waals surface area contributed by atoms with Crippen LogP contribution in [0.3, 0.4) is 0 Å². The van der Waals surface area contributed by atoms with Crippen LogP contribution in [0.4, 0.5) is 4.79 Å². The zero-order chi connectivity index (χ0) is 18.4. The minimum absolute atomic E-state index is 0.183. The minimum Gasteiger partial charge on any atom is -0.497 e. The first-order valence-corrected chi connectivity index (χ1v) is 8.30. The second-order valence-corrected chi connectivity index (χ2v) is 6.20. The van der Waals surface area contributed by atoms with Gasteiger partial charge >= 0.3 is 6.03 Å². The standard InChI is InChI=1S/C19H23ClN2O3/c1-13(17-11-16(24-3)8-9-18(17)25-4)21-19(23)22(2)12-14-6-5-7-15(20)10-14/h5-11,13H,12H2,1-4H3,(H,21,23). The number of nitrogens with one attached hydrogen (secondary N) is 1. The third-order valence-electron chi connectivity index (χ3n) is 3.90. The number of carbonyl (C=O) groups is 1. The molecule has 1 N–H and O–H groups in total. The van der Waals surface area contributed by atoms with Gasteiger partial charge in [-0.1, -0.05) is 23.7 Å². The molecule has 2 amide bonds. The lowest BCUT2D eigenvalue weighted by Gasteiger charge is -2.23. The molecule has 0 bridgehead atoms. The van der Waals surface area contributed by atoms with Crippen molar-refractivity contribution < 1.29 is 14.3 Å². The topological polar surface area (TPSA) is 50.8 Å². The van der Waals surface area contributed by atoms with Crippen LogP contribution in [-0.2, 0) is 6.54 Å². The van der Waals surface area contributed by atoms with E-state index in [1.54, 1.807) is 26.2 Å². The van der Waals surface area contributed by atoms with Gasteiger partial charge in [0.2, 0.25) is 0 Å². The Kier molecular flexibility index (Phi) is 6.53. The summed E-state index contributed by atoms with van der Waals surface area (Å²) >= 11 is 5.99. The molecule has 0 heterocycles. The van der Waals surface area contributed by atoms with E-state index in [2.05, 4.69) is 5.32 Å². The first kappa shape index (κ1) is 18.9. The Morgan fingerprint density at radius 2 is 1.96 bits per heavy atom. The highest BCUT2D eigenvalue weighted by Crippen LogP contribution is 2.29. The van der Waals surface area contributed by atoms with Crippen molar-refractivity contribution in [3.8, 4) is 11.5 Å². The fourth-order valence-corrected chi connectivity index (χ4v) is 2.74. The molecule has 0 radical (unpaired) electrons. The number of nitrogens with zero attached hydrogens (tertiary/aromatic N) is 1. The van der Waals surface area contributed by atoms with E-state index in [-0.39, 0.29) is 12.1 Å². The van der Waals surface area contributed by atoms with Crippen molar-refractivity contribution in [3.05, 3.63) is 58.6 Å². The van der Waals surface area contributed by atoms with E-state index < -0.39 is 0 Å². The van der Waals surface area contributed by atoms with Gasteiger partial charge in [-0.3, -0.25) is 0 Å². The van der Waals surface area contributed by atoms with Crippen LogP contribution in [0.25, 0.3) is 0 Å². The van der Waals surface area contributed by atoms with Crippen LogP contribution >= 0.6 is 11.6 Å². The van der Waals surface area contributed by atoms with Gasteiger partial charge in [0, 0.05) is 24.2 Å². The molecule has 1 unspecified atom stereocenters. The van der Waals surface area contributed by atoms with Gasteiger partial charge in [0.1, 0.15) is 11.5 Å². The lowest BCUT2D eigenvalue weighted by Crippen LogP contribution is -2.38. The number of methoxy groups -OCH3 is 2. The number of hydrogen-bond donors (Lipinski definition) is 1. The highest BCUT2D eigenvalue weighted by atomic mass is 35.5. The van der Waals surface area contributed by atoms with Crippen LogP contribution in [0, 0.1) is 0 Å². The molecule has 2 aromatic rings. The molecule has 0 aliphatic carbocycles. The first-order chi connectivity index (χ1) is 11.9. The number of halogens is 1. The van der Waals surface area contributed by atoms with E-state index in [9.17, 15) is 4.79 Å². The lowest BCUT2D eigenvalue weighted by molar-refractivity contribution is 0.203. The zero-order valence-electron chi connectivity index (χ0n) is 14.9. The Balaban J connectivity index is 2.06. The van der Waals surface area contributed by atoms with Crippen molar-refractivity contribution >= 4 is 17.6 Å². The summed E-state index contributed by atoms with van der Waals surface area (Å²) in [5.74, 6) is 1.41. The monoisotopic (exact) mass is 362 g/mol. The molecule has 25 heavy (non-hydrogen) atoms. The predicted molar refractivity (Wildman–Crippen MR) is 99.4 cm³/mol. The van der Waals surface area contributed by atoms with E-state index >= 15 is 0 Å². The number of rotatable bonds is 6. The normalized spacial score (nSPS) is 11.6. The maximum Gasteiger partial charge on any atom is 0.317 e. The highest BCUT2D eigenvalue weighted by molar-refractivity contribution is 6.30. The average molecular weight is 363 g/mol. The Bertz CT molecular complexity index is 736. The molecule has 134 valence electrons. The van der Waals surface area contributed by atoms with Gasteiger partial charge < -0.3 is 19.7 Å². The Morgan fingerprint density at radius 3 is 2.60 bits per heavy atom. The summed E-state index contributed by atoms with van der Waals surface area (Å²) in [6.07, 6.45) is 0. The molecule has 5 nitrogen and oxygen atoms in total. The van der Waals surface area contributed by atoms with Gasteiger partial charge in [-0.25, -0.2) is 4.79 Å². The van der Waals surface area contributed by atoms with Crippen LogP contribution < -0.4 is 14.8 Å².